The van der Waals surface area contributed by atoms with Crippen molar-refractivity contribution in [2.45, 2.75) is 6.10 Å². The van der Waals surface area contributed by atoms with Crippen LogP contribution in [0.2, 0.25) is 5.02 Å². The Labute approximate surface area is 220 Å². The van der Waals surface area contributed by atoms with Gasteiger partial charge in [-0.05, 0) is 36.4 Å². The predicted octanol–water partition coefficient (Wildman–Crippen LogP) is 6.76. The summed E-state index contributed by atoms with van der Waals surface area (Å²) in [5.74, 6) is 2.44. The Bertz CT molecular complexity index is 1350. The van der Waals surface area contributed by atoms with E-state index < -0.39 is 6.10 Å². The Balaban J connectivity index is 1.42. The predicted molar refractivity (Wildman–Crippen MR) is 144 cm³/mol. The summed E-state index contributed by atoms with van der Waals surface area (Å²) in [6.07, 6.45) is -0.509. The molecule has 7 heteroatoms. The van der Waals surface area contributed by atoms with Crippen molar-refractivity contribution in [3.05, 3.63) is 120 Å². The molecule has 0 N–H and O–H groups in total. The number of para-hydroxylation sites is 1. The van der Waals surface area contributed by atoms with Crippen molar-refractivity contribution in [2.75, 3.05) is 13.2 Å². The lowest BCUT2D eigenvalue weighted by atomic mass is 10.2. The summed E-state index contributed by atoms with van der Waals surface area (Å²) in [5.41, 5.74) is 1.72. The second-order valence-electron chi connectivity index (χ2n) is 8.13. The first kappa shape index (κ1) is 24.3. The van der Waals surface area contributed by atoms with Gasteiger partial charge in [0.05, 0.1) is 0 Å². The van der Waals surface area contributed by atoms with Crippen LogP contribution in [0.4, 0.5) is 0 Å². The minimum Gasteiger partial charge on any atom is -0.490 e. The van der Waals surface area contributed by atoms with E-state index in [0.29, 0.717) is 22.4 Å². The summed E-state index contributed by atoms with van der Waals surface area (Å²) in [6, 6.07) is 36.4. The second kappa shape index (κ2) is 12.0. The second-order valence-corrected chi connectivity index (χ2v) is 8.56. The average Bonchev–Trinajstić information content (AvgIpc) is 2.96. The van der Waals surface area contributed by atoms with E-state index in [0.717, 1.165) is 16.9 Å². The molecule has 0 aliphatic carbocycles. The molecular weight excluding hydrogens is 486 g/mol. The van der Waals surface area contributed by atoms with E-state index in [4.69, 9.17) is 30.8 Å². The van der Waals surface area contributed by atoms with Crippen LogP contribution < -0.4 is 14.2 Å². The maximum absolute atomic E-state index is 6.27. The van der Waals surface area contributed by atoms with Gasteiger partial charge in [0.25, 0.3) is 0 Å². The van der Waals surface area contributed by atoms with Crippen molar-refractivity contribution < 1.29 is 14.2 Å². The molecule has 0 bridgehead atoms. The number of hydrogen-bond acceptors (Lipinski definition) is 6. The molecule has 0 radical (unpaired) electrons. The SMILES string of the molecule is Clc1ccc(OC[C@H](COc2ccccc2)Oc2nc(-c3ccccc3)nc(-c3ccccc3)n2)cc1. The minimum absolute atomic E-state index is 0.189. The van der Waals surface area contributed by atoms with Crippen LogP contribution in [0.15, 0.2) is 115 Å². The molecule has 0 unspecified atom stereocenters. The molecule has 6 nitrogen and oxygen atoms in total. The van der Waals surface area contributed by atoms with Gasteiger partial charge in [-0.1, -0.05) is 90.5 Å². The zero-order valence-corrected chi connectivity index (χ0v) is 20.7. The molecule has 0 spiro atoms. The Hall–Kier alpha value is -4.42. The Morgan fingerprint density at radius 1 is 0.541 bits per heavy atom. The summed E-state index contributed by atoms with van der Waals surface area (Å²) < 4.78 is 18.2. The molecule has 0 amide bonds. The molecular formula is C30H24ClN3O3. The summed E-state index contributed by atoms with van der Waals surface area (Å²) in [5, 5.41) is 0.639. The fraction of sp³-hybridized carbons (Fsp3) is 0.100. The highest BCUT2D eigenvalue weighted by Gasteiger charge is 2.18. The van der Waals surface area contributed by atoms with E-state index in [9.17, 15) is 0 Å². The summed E-state index contributed by atoms with van der Waals surface area (Å²) in [6.45, 7) is 0.437. The van der Waals surface area contributed by atoms with Gasteiger partial charge in [0.2, 0.25) is 0 Å². The Morgan fingerprint density at radius 3 is 1.51 bits per heavy atom. The summed E-state index contributed by atoms with van der Waals surface area (Å²) in [7, 11) is 0. The highest BCUT2D eigenvalue weighted by molar-refractivity contribution is 6.30. The molecule has 0 aliphatic rings. The molecule has 0 aliphatic heterocycles. The lowest BCUT2D eigenvalue weighted by molar-refractivity contribution is 0.0736. The molecule has 4 aromatic carbocycles. The summed E-state index contributed by atoms with van der Waals surface area (Å²) in [4.78, 5) is 13.9. The third-order valence-electron chi connectivity index (χ3n) is 5.38. The van der Waals surface area contributed by atoms with Crippen molar-refractivity contribution in [3.8, 4) is 40.3 Å². The largest absolute Gasteiger partial charge is 0.490 e. The summed E-state index contributed by atoms with van der Waals surface area (Å²) >= 11 is 6.01. The van der Waals surface area contributed by atoms with Gasteiger partial charge >= 0.3 is 6.01 Å². The quantitative estimate of drug-likeness (QED) is 0.207. The smallest absolute Gasteiger partial charge is 0.321 e. The molecule has 5 aromatic rings. The highest BCUT2D eigenvalue weighted by Crippen LogP contribution is 2.23. The first-order valence-electron chi connectivity index (χ1n) is 11.8. The van der Waals surface area contributed by atoms with E-state index in [1.165, 1.54) is 0 Å². The van der Waals surface area contributed by atoms with Gasteiger partial charge in [0.15, 0.2) is 17.8 Å². The molecule has 1 aromatic heterocycles. The van der Waals surface area contributed by atoms with Gasteiger partial charge in [-0.15, -0.1) is 0 Å². The number of ether oxygens (including phenoxy) is 3. The van der Waals surface area contributed by atoms with Gasteiger partial charge in [0, 0.05) is 16.1 Å². The minimum atomic E-state index is -0.509. The van der Waals surface area contributed by atoms with Crippen LogP contribution in [0.25, 0.3) is 22.8 Å². The monoisotopic (exact) mass is 509 g/mol. The van der Waals surface area contributed by atoms with E-state index in [2.05, 4.69) is 9.97 Å². The van der Waals surface area contributed by atoms with Crippen LogP contribution in [-0.2, 0) is 0 Å². The first-order chi connectivity index (χ1) is 18.2. The number of halogens is 1. The van der Waals surface area contributed by atoms with Gasteiger partial charge in [-0.25, -0.2) is 4.98 Å². The van der Waals surface area contributed by atoms with E-state index >= 15 is 0 Å². The fourth-order valence-electron chi connectivity index (χ4n) is 3.53. The average molecular weight is 510 g/mol. The van der Waals surface area contributed by atoms with Gasteiger partial charge in [-0.3, -0.25) is 0 Å². The molecule has 0 saturated heterocycles. The van der Waals surface area contributed by atoms with Gasteiger partial charge in [-0.2, -0.15) is 9.97 Å². The van der Waals surface area contributed by atoms with Crippen molar-refractivity contribution >= 4 is 11.6 Å². The third-order valence-corrected chi connectivity index (χ3v) is 5.63. The van der Waals surface area contributed by atoms with Crippen LogP contribution in [0.5, 0.6) is 17.5 Å². The van der Waals surface area contributed by atoms with Crippen molar-refractivity contribution in [2.24, 2.45) is 0 Å². The van der Waals surface area contributed by atoms with Crippen LogP contribution in [-0.4, -0.2) is 34.3 Å². The van der Waals surface area contributed by atoms with E-state index in [1.807, 2.05) is 91.0 Å². The number of rotatable bonds is 10. The van der Waals surface area contributed by atoms with Crippen molar-refractivity contribution in [1.82, 2.24) is 15.0 Å². The molecule has 5 rings (SSSR count). The van der Waals surface area contributed by atoms with Gasteiger partial charge in [0.1, 0.15) is 24.7 Å². The van der Waals surface area contributed by atoms with E-state index in [1.54, 1.807) is 24.3 Å². The molecule has 1 heterocycles. The highest BCUT2D eigenvalue weighted by atomic mass is 35.5. The van der Waals surface area contributed by atoms with Crippen LogP contribution in [0.1, 0.15) is 0 Å². The molecule has 184 valence electrons. The van der Waals surface area contributed by atoms with Crippen LogP contribution >= 0.6 is 11.6 Å². The maximum atomic E-state index is 6.27. The lowest BCUT2D eigenvalue weighted by Crippen LogP contribution is -2.32. The molecule has 1 atom stereocenters. The molecule has 0 saturated carbocycles. The van der Waals surface area contributed by atoms with Crippen LogP contribution in [0, 0.1) is 0 Å². The van der Waals surface area contributed by atoms with Crippen molar-refractivity contribution in [1.29, 1.82) is 0 Å². The lowest BCUT2D eigenvalue weighted by Gasteiger charge is -2.20. The van der Waals surface area contributed by atoms with Crippen LogP contribution in [0.3, 0.4) is 0 Å². The zero-order valence-electron chi connectivity index (χ0n) is 19.9. The van der Waals surface area contributed by atoms with Gasteiger partial charge < -0.3 is 14.2 Å². The first-order valence-corrected chi connectivity index (χ1v) is 12.2. The van der Waals surface area contributed by atoms with Crippen molar-refractivity contribution in [3.63, 3.8) is 0 Å². The maximum Gasteiger partial charge on any atom is 0.321 e. The third kappa shape index (κ3) is 6.84. The number of nitrogens with zero attached hydrogens (tertiary/aromatic N) is 3. The standard InChI is InChI=1S/C30H24ClN3O3/c31-24-16-18-26(19-17-24)36-21-27(20-35-25-14-8-3-9-15-25)37-30-33-28(22-10-4-1-5-11-22)32-29(34-30)23-12-6-2-7-13-23/h1-19,27H,20-21H2/t27-/m0/s1. The number of benzene rings is 4. The Kier molecular flexibility index (Phi) is 7.88. The normalized spacial score (nSPS) is 11.5. The number of hydrogen-bond donors (Lipinski definition) is 0. The molecule has 37 heavy (non-hydrogen) atoms. The molecule has 0 fully saturated rings. The number of aromatic nitrogens is 3. The van der Waals surface area contributed by atoms with E-state index in [-0.39, 0.29) is 19.2 Å². The fourth-order valence-corrected chi connectivity index (χ4v) is 3.66. The topological polar surface area (TPSA) is 66.4 Å². The zero-order chi connectivity index (χ0) is 25.3. The Morgan fingerprint density at radius 2 is 1.00 bits per heavy atom.